The van der Waals surface area contributed by atoms with E-state index in [2.05, 4.69) is 34.6 Å². The van der Waals surface area contributed by atoms with Crippen LogP contribution in [0, 0.1) is 11.8 Å². The zero-order valence-electron chi connectivity index (χ0n) is 44.6. The first-order chi connectivity index (χ1) is 31.8. The van der Waals surface area contributed by atoms with E-state index in [9.17, 15) is 14.4 Å². The second-order valence-corrected chi connectivity index (χ2v) is 21.0. The fourth-order valence-corrected chi connectivity index (χ4v) is 9.02. The van der Waals surface area contributed by atoms with Gasteiger partial charge in [0.25, 0.3) is 0 Å². The van der Waals surface area contributed by atoms with Crippen molar-refractivity contribution in [3.05, 3.63) is 0 Å². The number of hydrogen-bond donors (Lipinski definition) is 0. The Kier molecular flexibility index (Phi) is 50.5. The summed E-state index contributed by atoms with van der Waals surface area (Å²) < 4.78 is 16.9. The van der Waals surface area contributed by atoms with E-state index in [-0.39, 0.29) is 31.1 Å². The van der Waals surface area contributed by atoms with Gasteiger partial charge in [-0.05, 0) is 31.1 Å². The molecule has 0 heterocycles. The molecule has 0 saturated carbocycles. The molecule has 2 atom stereocenters. The third-order valence-electron chi connectivity index (χ3n) is 13.8. The van der Waals surface area contributed by atoms with Gasteiger partial charge < -0.3 is 14.2 Å². The summed E-state index contributed by atoms with van der Waals surface area (Å²) >= 11 is 0. The number of rotatable bonds is 53. The van der Waals surface area contributed by atoms with Crippen LogP contribution in [0.15, 0.2) is 0 Å². The van der Waals surface area contributed by atoms with Crippen LogP contribution in [0.1, 0.15) is 330 Å². The maximum Gasteiger partial charge on any atom is 0.306 e. The number of ether oxygens (including phenoxy) is 3. The molecule has 6 heteroatoms. The van der Waals surface area contributed by atoms with Gasteiger partial charge in [-0.15, -0.1) is 0 Å². The van der Waals surface area contributed by atoms with Crippen LogP contribution in [0.4, 0.5) is 0 Å². The maximum atomic E-state index is 12.9. The number of esters is 3. The minimum atomic E-state index is -0.762. The Morgan fingerprint density at radius 3 is 0.877 bits per heavy atom. The molecule has 0 rings (SSSR count). The van der Waals surface area contributed by atoms with E-state index in [1.807, 2.05) is 0 Å². The summed E-state index contributed by atoms with van der Waals surface area (Å²) in [6, 6.07) is 0. The Morgan fingerprint density at radius 2 is 0.585 bits per heavy atom. The van der Waals surface area contributed by atoms with Gasteiger partial charge in [-0.1, -0.05) is 291 Å². The lowest BCUT2D eigenvalue weighted by Gasteiger charge is -2.18. The van der Waals surface area contributed by atoms with Crippen molar-refractivity contribution in [3.8, 4) is 0 Å². The monoisotopic (exact) mass is 919 g/mol. The van der Waals surface area contributed by atoms with E-state index in [0.29, 0.717) is 19.3 Å². The SMILES string of the molecule is CCCCCCCCCCCCCCCC(=O)OC[C@@H](COC(=O)CCCCCCCCCCCC(C)C)OC(=O)CCCCCCCCCCCCCCCCCCCCC(C)CC. The van der Waals surface area contributed by atoms with Gasteiger partial charge in [0.15, 0.2) is 6.10 Å². The largest absolute Gasteiger partial charge is 0.462 e. The van der Waals surface area contributed by atoms with Gasteiger partial charge in [0, 0.05) is 19.3 Å². The van der Waals surface area contributed by atoms with Crippen molar-refractivity contribution in [1.29, 1.82) is 0 Å². The van der Waals surface area contributed by atoms with E-state index in [1.165, 1.54) is 218 Å². The summed E-state index contributed by atoms with van der Waals surface area (Å²) in [5, 5.41) is 0. The highest BCUT2D eigenvalue weighted by molar-refractivity contribution is 5.71. The number of carbonyl (C=O) groups excluding carboxylic acids is 3. The summed E-state index contributed by atoms with van der Waals surface area (Å²) in [5.41, 5.74) is 0. The Hall–Kier alpha value is -1.59. The molecule has 0 fully saturated rings. The minimum absolute atomic E-state index is 0.0629. The Labute approximate surface area is 406 Å². The van der Waals surface area contributed by atoms with Gasteiger partial charge in [0.05, 0.1) is 0 Å². The zero-order chi connectivity index (χ0) is 47.5. The molecule has 0 N–H and O–H groups in total. The first-order valence-corrected chi connectivity index (χ1v) is 29.3. The third-order valence-corrected chi connectivity index (χ3v) is 13.8. The molecule has 6 nitrogen and oxygen atoms in total. The van der Waals surface area contributed by atoms with Crippen molar-refractivity contribution in [2.45, 2.75) is 336 Å². The van der Waals surface area contributed by atoms with Crippen LogP contribution in [0.5, 0.6) is 0 Å². The van der Waals surface area contributed by atoms with E-state index in [0.717, 1.165) is 69.6 Å². The first kappa shape index (κ1) is 63.4. The average molecular weight is 920 g/mol. The number of unbranched alkanes of at least 4 members (excludes halogenated alkanes) is 37. The fourth-order valence-electron chi connectivity index (χ4n) is 9.02. The van der Waals surface area contributed by atoms with Gasteiger partial charge in [0.2, 0.25) is 0 Å². The summed E-state index contributed by atoms with van der Waals surface area (Å²) in [6.07, 6.45) is 55.2. The lowest BCUT2D eigenvalue weighted by molar-refractivity contribution is -0.167. The highest BCUT2D eigenvalue weighted by atomic mass is 16.6. The zero-order valence-corrected chi connectivity index (χ0v) is 44.6. The Bertz CT molecular complexity index is 995. The van der Waals surface area contributed by atoms with Crippen molar-refractivity contribution in [2.24, 2.45) is 11.8 Å². The molecule has 0 aromatic heterocycles. The van der Waals surface area contributed by atoms with E-state index >= 15 is 0 Å². The van der Waals surface area contributed by atoms with Crippen molar-refractivity contribution in [1.82, 2.24) is 0 Å². The Balaban J connectivity index is 4.23. The van der Waals surface area contributed by atoms with Crippen molar-refractivity contribution >= 4 is 17.9 Å². The molecule has 0 amide bonds. The summed E-state index contributed by atoms with van der Waals surface area (Å²) in [6.45, 7) is 11.4. The molecule has 65 heavy (non-hydrogen) atoms. The lowest BCUT2D eigenvalue weighted by atomic mass is 9.99. The molecule has 0 aromatic carbocycles. The number of hydrogen-bond acceptors (Lipinski definition) is 6. The second kappa shape index (κ2) is 51.8. The highest BCUT2D eigenvalue weighted by Gasteiger charge is 2.19. The summed E-state index contributed by atoms with van der Waals surface area (Å²) in [4.78, 5) is 38.1. The van der Waals surface area contributed by atoms with Crippen LogP contribution >= 0.6 is 0 Å². The van der Waals surface area contributed by atoms with Crippen LogP contribution in [-0.4, -0.2) is 37.2 Å². The van der Waals surface area contributed by atoms with Crippen LogP contribution in [0.3, 0.4) is 0 Å². The van der Waals surface area contributed by atoms with Crippen molar-refractivity contribution in [3.63, 3.8) is 0 Å². The van der Waals surface area contributed by atoms with Gasteiger partial charge in [0.1, 0.15) is 13.2 Å². The van der Waals surface area contributed by atoms with Gasteiger partial charge in [-0.2, -0.15) is 0 Å². The van der Waals surface area contributed by atoms with E-state index in [1.54, 1.807) is 0 Å². The summed E-state index contributed by atoms with van der Waals surface area (Å²) in [5.74, 6) is 0.877. The van der Waals surface area contributed by atoms with Crippen molar-refractivity contribution < 1.29 is 28.6 Å². The Morgan fingerprint density at radius 1 is 0.323 bits per heavy atom. The summed E-state index contributed by atoms with van der Waals surface area (Å²) in [7, 11) is 0. The van der Waals surface area contributed by atoms with E-state index in [4.69, 9.17) is 14.2 Å². The van der Waals surface area contributed by atoms with Crippen LogP contribution in [0.25, 0.3) is 0 Å². The molecular weight excluding hydrogens is 805 g/mol. The molecule has 0 aliphatic carbocycles. The quantitative estimate of drug-likeness (QED) is 0.0344. The lowest BCUT2D eigenvalue weighted by Crippen LogP contribution is -2.30. The van der Waals surface area contributed by atoms with Gasteiger partial charge in [-0.3, -0.25) is 14.4 Å². The molecule has 0 aromatic rings. The molecule has 0 spiro atoms. The standard InChI is InChI=1S/C59H114O6/c1-6-8-9-10-11-12-13-20-24-29-34-39-44-49-57(60)63-52-56(53-64-58(61)50-45-40-35-31-26-27-32-37-42-47-54(3)4)65-59(62)51-46-41-36-30-25-22-19-17-15-14-16-18-21-23-28-33-38-43-48-55(5)7-2/h54-56H,6-53H2,1-5H3/t55?,56-/m0/s1. The topological polar surface area (TPSA) is 78.9 Å². The van der Waals surface area contributed by atoms with Crippen LogP contribution < -0.4 is 0 Å². The number of carbonyl (C=O) groups is 3. The van der Waals surface area contributed by atoms with E-state index < -0.39 is 6.10 Å². The molecule has 386 valence electrons. The molecule has 1 unspecified atom stereocenters. The fraction of sp³-hybridized carbons (Fsp3) is 0.949. The third kappa shape index (κ3) is 51.6. The minimum Gasteiger partial charge on any atom is -0.462 e. The first-order valence-electron chi connectivity index (χ1n) is 29.3. The molecule has 0 saturated heterocycles. The van der Waals surface area contributed by atoms with Gasteiger partial charge >= 0.3 is 17.9 Å². The predicted octanol–water partition coefficient (Wildman–Crippen LogP) is 19.3. The molecule has 0 bridgehead atoms. The van der Waals surface area contributed by atoms with Crippen molar-refractivity contribution in [2.75, 3.05) is 13.2 Å². The van der Waals surface area contributed by atoms with Crippen LogP contribution in [0.2, 0.25) is 0 Å². The highest BCUT2D eigenvalue weighted by Crippen LogP contribution is 2.19. The average Bonchev–Trinajstić information content (AvgIpc) is 3.29. The molecular formula is C59H114O6. The molecule has 0 radical (unpaired) electrons. The predicted molar refractivity (Wildman–Crippen MR) is 280 cm³/mol. The second-order valence-electron chi connectivity index (χ2n) is 21.0. The van der Waals surface area contributed by atoms with Crippen LogP contribution in [-0.2, 0) is 28.6 Å². The normalized spacial score (nSPS) is 12.5. The van der Waals surface area contributed by atoms with Gasteiger partial charge in [-0.25, -0.2) is 0 Å². The smallest absolute Gasteiger partial charge is 0.306 e. The molecule has 0 aliphatic rings. The molecule has 0 aliphatic heterocycles. The maximum absolute atomic E-state index is 12.9.